The Kier molecular flexibility index (Phi) is 5.08. The summed E-state index contributed by atoms with van der Waals surface area (Å²) in [6.07, 6.45) is 0. The van der Waals surface area contributed by atoms with Crippen LogP contribution in [0.25, 0.3) is 10.6 Å². The van der Waals surface area contributed by atoms with E-state index < -0.39 is 0 Å². The lowest BCUT2D eigenvalue weighted by atomic mass is 10.3. The minimum atomic E-state index is -0.244. The van der Waals surface area contributed by atoms with Gasteiger partial charge in [0.2, 0.25) is 5.91 Å². The number of carbonyl (C=O) groups is 2. The van der Waals surface area contributed by atoms with E-state index in [0.717, 1.165) is 10.6 Å². The van der Waals surface area contributed by atoms with Gasteiger partial charge in [-0.15, -0.1) is 11.3 Å². The van der Waals surface area contributed by atoms with Crippen LogP contribution < -0.4 is 5.32 Å². The van der Waals surface area contributed by atoms with E-state index >= 15 is 0 Å². The first kappa shape index (κ1) is 15.7. The van der Waals surface area contributed by atoms with E-state index in [1.54, 1.807) is 23.8 Å². The Balaban J connectivity index is 2.01. The second kappa shape index (κ2) is 6.82. The van der Waals surface area contributed by atoms with Crippen LogP contribution in [0.3, 0.4) is 0 Å². The number of nitrogens with one attached hydrogen (secondary N) is 1. The molecule has 2 aromatic heterocycles. The van der Waals surface area contributed by atoms with Gasteiger partial charge in [0.1, 0.15) is 10.7 Å². The lowest BCUT2D eigenvalue weighted by Gasteiger charge is -2.16. The number of thiazole rings is 1. The summed E-state index contributed by atoms with van der Waals surface area (Å²) < 4.78 is 0. The van der Waals surface area contributed by atoms with Crippen LogP contribution in [0.4, 0.5) is 0 Å². The molecular formula is C14H17N3O2S2. The molecule has 112 valence electrons. The zero-order valence-electron chi connectivity index (χ0n) is 12.1. The fourth-order valence-corrected chi connectivity index (χ4v) is 3.25. The number of carbonyl (C=O) groups excluding carboxylic acids is 2. The van der Waals surface area contributed by atoms with Crippen LogP contribution in [0.2, 0.25) is 0 Å². The molecule has 2 heterocycles. The van der Waals surface area contributed by atoms with E-state index in [9.17, 15) is 9.59 Å². The van der Waals surface area contributed by atoms with Gasteiger partial charge in [-0.05, 0) is 25.3 Å². The van der Waals surface area contributed by atoms with Gasteiger partial charge in [-0.1, -0.05) is 0 Å². The van der Waals surface area contributed by atoms with Crippen molar-refractivity contribution in [1.29, 1.82) is 0 Å². The van der Waals surface area contributed by atoms with E-state index in [4.69, 9.17) is 0 Å². The molecule has 0 bridgehead atoms. The molecule has 2 rings (SSSR count). The van der Waals surface area contributed by atoms with Crippen LogP contribution >= 0.6 is 22.7 Å². The molecule has 0 saturated heterocycles. The summed E-state index contributed by atoms with van der Waals surface area (Å²) in [6.45, 7) is 3.79. The minimum absolute atomic E-state index is 0.0301. The van der Waals surface area contributed by atoms with Gasteiger partial charge in [0.25, 0.3) is 5.91 Å². The van der Waals surface area contributed by atoms with E-state index in [-0.39, 0.29) is 24.4 Å². The SMILES string of the molecule is CC(C)NC(=O)CN(C)C(=O)c1csc(-c2ccsc2)n1. The average molecular weight is 323 g/mol. The molecule has 0 atom stereocenters. The Hall–Kier alpha value is -1.73. The maximum atomic E-state index is 12.2. The fourth-order valence-electron chi connectivity index (χ4n) is 1.74. The lowest BCUT2D eigenvalue weighted by molar-refractivity contribution is -0.122. The zero-order valence-corrected chi connectivity index (χ0v) is 13.8. The second-order valence-electron chi connectivity index (χ2n) is 4.93. The highest BCUT2D eigenvalue weighted by atomic mass is 32.1. The van der Waals surface area contributed by atoms with Crippen LogP contribution in [-0.2, 0) is 4.79 Å². The van der Waals surface area contributed by atoms with Crippen molar-refractivity contribution in [2.75, 3.05) is 13.6 Å². The number of hydrogen-bond donors (Lipinski definition) is 1. The Bertz CT molecular complexity index is 620. The number of amides is 2. The first-order chi connectivity index (χ1) is 9.97. The second-order valence-corrected chi connectivity index (χ2v) is 6.57. The standard InChI is InChI=1S/C14H17N3O2S2/c1-9(2)15-12(18)6-17(3)14(19)11-8-21-13(16-11)10-4-5-20-7-10/h4-5,7-9H,6H2,1-3H3,(H,15,18). The predicted octanol–water partition coefficient (Wildman–Crippen LogP) is 2.47. The average Bonchev–Trinajstić information content (AvgIpc) is 3.07. The Morgan fingerprint density at radius 2 is 2.14 bits per heavy atom. The predicted molar refractivity (Wildman–Crippen MR) is 85.7 cm³/mol. The van der Waals surface area contributed by atoms with Crippen LogP contribution in [0, 0.1) is 0 Å². The molecule has 0 aromatic carbocycles. The largest absolute Gasteiger partial charge is 0.352 e. The van der Waals surface area contributed by atoms with Crippen molar-refractivity contribution in [1.82, 2.24) is 15.2 Å². The van der Waals surface area contributed by atoms with E-state index in [1.165, 1.54) is 16.2 Å². The van der Waals surface area contributed by atoms with Crippen molar-refractivity contribution >= 4 is 34.5 Å². The van der Waals surface area contributed by atoms with E-state index in [1.807, 2.05) is 30.7 Å². The third kappa shape index (κ3) is 4.12. The van der Waals surface area contributed by atoms with Gasteiger partial charge in [0, 0.05) is 29.4 Å². The van der Waals surface area contributed by atoms with E-state index in [2.05, 4.69) is 10.3 Å². The Labute approximate surface area is 131 Å². The number of aromatic nitrogens is 1. The van der Waals surface area contributed by atoms with Crippen LogP contribution in [0.1, 0.15) is 24.3 Å². The molecule has 2 aromatic rings. The molecule has 0 aliphatic heterocycles. The number of thiophene rings is 1. The summed E-state index contributed by atoms with van der Waals surface area (Å²) in [7, 11) is 1.60. The third-order valence-corrected chi connectivity index (χ3v) is 4.24. The van der Waals surface area contributed by atoms with Crippen LogP contribution in [0.5, 0.6) is 0 Å². The molecule has 0 saturated carbocycles. The van der Waals surface area contributed by atoms with Gasteiger partial charge in [-0.2, -0.15) is 11.3 Å². The molecule has 0 radical (unpaired) electrons. The summed E-state index contributed by atoms with van der Waals surface area (Å²) in [5.74, 6) is -0.416. The van der Waals surface area contributed by atoms with Crippen molar-refractivity contribution in [2.45, 2.75) is 19.9 Å². The normalized spacial score (nSPS) is 10.7. The molecule has 0 spiro atoms. The first-order valence-electron chi connectivity index (χ1n) is 6.50. The summed E-state index contributed by atoms with van der Waals surface area (Å²) in [6, 6.07) is 2.03. The highest BCUT2D eigenvalue weighted by Crippen LogP contribution is 2.25. The topological polar surface area (TPSA) is 62.3 Å². The molecule has 0 fully saturated rings. The first-order valence-corrected chi connectivity index (χ1v) is 8.32. The van der Waals surface area contributed by atoms with Crippen molar-refractivity contribution in [2.24, 2.45) is 0 Å². The van der Waals surface area contributed by atoms with Crippen molar-refractivity contribution in [3.8, 4) is 10.6 Å². The highest BCUT2D eigenvalue weighted by Gasteiger charge is 2.18. The smallest absolute Gasteiger partial charge is 0.273 e. The monoisotopic (exact) mass is 323 g/mol. The third-order valence-electron chi connectivity index (χ3n) is 2.67. The summed E-state index contributed by atoms with van der Waals surface area (Å²) >= 11 is 3.02. The van der Waals surface area contributed by atoms with Crippen LogP contribution in [0.15, 0.2) is 22.2 Å². The molecule has 0 aliphatic carbocycles. The summed E-state index contributed by atoms with van der Waals surface area (Å²) in [5, 5.41) is 9.27. The molecule has 5 nitrogen and oxygen atoms in total. The Morgan fingerprint density at radius 3 is 2.76 bits per heavy atom. The molecule has 21 heavy (non-hydrogen) atoms. The van der Waals surface area contributed by atoms with Gasteiger partial charge in [-0.25, -0.2) is 4.98 Å². The van der Waals surface area contributed by atoms with Crippen molar-refractivity contribution in [3.63, 3.8) is 0 Å². The molecular weight excluding hydrogens is 306 g/mol. The van der Waals surface area contributed by atoms with Crippen molar-refractivity contribution in [3.05, 3.63) is 27.9 Å². The summed E-state index contributed by atoms with van der Waals surface area (Å²) in [4.78, 5) is 29.6. The Morgan fingerprint density at radius 1 is 1.38 bits per heavy atom. The van der Waals surface area contributed by atoms with Gasteiger partial charge in [-0.3, -0.25) is 9.59 Å². The molecule has 7 heteroatoms. The van der Waals surface area contributed by atoms with Gasteiger partial charge < -0.3 is 10.2 Å². The quantitative estimate of drug-likeness (QED) is 0.919. The molecule has 1 N–H and O–H groups in total. The maximum Gasteiger partial charge on any atom is 0.273 e. The number of rotatable bonds is 5. The fraction of sp³-hybridized carbons (Fsp3) is 0.357. The number of likely N-dealkylation sites (N-methyl/N-ethyl adjacent to an activating group) is 1. The zero-order chi connectivity index (χ0) is 15.4. The molecule has 0 unspecified atom stereocenters. The number of hydrogen-bond acceptors (Lipinski definition) is 5. The minimum Gasteiger partial charge on any atom is -0.352 e. The highest BCUT2D eigenvalue weighted by molar-refractivity contribution is 7.14. The molecule has 2 amide bonds. The van der Waals surface area contributed by atoms with Gasteiger partial charge in [0.05, 0.1) is 6.54 Å². The lowest BCUT2D eigenvalue weighted by Crippen LogP contribution is -2.40. The van der Waals surface area contributed by atoms with E-state index in [0.29, 0.717) is 5.69 Å². The number of nitrogens with zero attached hydrogens (tertiary/aromatic N) is 2. The van der Waals surface area contributed by atoms with Gasteiger partial charge in [0.15, 0.2) is 0 Å². The van der Waals surface area contributed by atoms with Crippen molar-refractivity contribution < 1.29 is 9.59 Å². The van der Waals surface area contributed by atoms with Gasteiger partial charge >= 0.3 is 0 Å². The summed E-state index contributed by atoms with van der Waals surface area (Å²) in [5.41, 5.74) is 1.39. The van der Waals surface area contributed by atoms with Crippen LogP contribution in [-0.4, -0.2) is 41.3 Å². The maximum absolute atomic E-state index is 12.2. The molecule has 0 aliphatic rings.